The highest BCUT2D eigenvalue weighted by Gasteiger charge is 2.19. The van der Waals surface area contributed by atoms with E-state index in [0.717, 1.165) is 5.56 Å². The van der Waals surface area contributed by atoms with Crippen molar-refractivity contribution in [3.05, 3.63) is 65.9 Å². The van der Waals surface area contributed by atoms with Crippen molar-refractivity contribution in [1.29, 1.82) is 0 Å². The van der Waals surface area contributed by atoms with E-state index in [1.165, 1.54) is 0 Å². The van der Waals surface area contributed by atoms with Crippen LogP contribution in [0.5, 0.6) is 11.5 Å². The molecular formula is C23H24N2O6. The van der Waals surface area contributed by atoms with Gasteiger partial charge in [0.25, 0.3) is 0 Å². The van der Waals surface area contributed by atoms with E-state index in [1.807, 2.05) is 30.3 Å². The van der Waals surface area contributed by atoms with Crippen molar-refractivity contribution in [2.75, 3.05) is 0 Å². The van der Waals surface area contributed by atoms with E-state index >= 15 is 0 Å². The Balaban J connectivity index is 1.90. The zero-order chi connectivity index (χ0) is 22.4. The van der Waals surface area contributed by atoms with Gasteiger partial charge in [-0.2, -0.15) is 0 Å². The molecule has 2 N–H and O–H groups in total. The quantitative estimate of drug-likeness (QED) is 0.428. The van der Waals surface area contributed by atoms with E-state index in [0.29, 0.717) is 29.0 Å². The van der Waals surface area contributed by atoms with Crippen LogP contribution < -0.4 is 14.8 Å². The smallest absolute Gasteiger partial charge is 0.488 e. The number of aromatic nitrogens is 1. The van der Waals surface area contributed by atoms with Gasteiger partial charge in [-0.05, 0) is 44.5 Å². The number of carbonyl (C=O) groups excluding carboxylic acids is 1. The fourth-order valence-corrected chi connectivity index (χ4v) is 2.77. The molecule has 8 nitrogen and oxygen atoms in total. The molecule has 8 heteroatoms. The minimum atomic E-state index is -1.14. The summed E-state index contributed by atoms with van der Waals surface area (Å²) in [5, 5.41) is 11.8. The molecule has 2 aromatic carbocycles. The molecule has 0 atom stereocenters. The molecular weight excluding hydrogens is 400 g/mol. The average molecular weight is 424 g/mol. The molecule has 3 aromatic rings. The lowest BCUT2D eigenvalue weighted by Gasteiger charge is -2.19. The van der Waals surface area contributed by atoms with Gasteiger partial charge in [0.05, 0.1) is 17.8 Å². The predicted octanol–water partition coefficient (Wildman–Crippen LogP) is 4.90. The number of nitrogens with zero attached hydrogens (tertiary/aromatic N) is 1. The lowest BCUT2D eigenvalue weighted by Crippen LogP contribution is -2.25. The van der Waals surface area contributed by atoms with Gasteiger partial charge in [0.1, 0.15) is 23.7 Å². The van der Waals surface area contributed by atoms with Crippen molar-refractivity contribution >= 4 is 23.2 Å². The van der Waals surface area contributed by atoms with Crippen molar-refractivity contribution in [3.8, 4) is 11.5 Å². The van der Waals surface area contributed by atoms with Crippen LogP contribution in [0.1, 0.15) is 32.0 Å². The third kappa shape index (κ3) is 6.60. The molecule has 0 saturated carbocycles. The third-order valence-electron chi connectivity index (χ3n) is 4.04. The normalized spacial score (nSPS) is 11.1. The Morgan fingerprint density at radius 3 is 2.48 bits per heavy atom. The van der Waals surface area contributed by atoms with Crippen LogP contribution >= 0.6 is 0 Å². The first-order valence-electron chi connectivity index (χ1n) is 9.68. The summed E-state index contributed by atoms with van der Waals surface area (Å²) in [7, 11) is 0. The minimum Gasteiger partial charge on any atom is -0.488 e. The molecule has 1 amide bonds. The Kier molecular flexibility index (Phi) is 6.59. The van der Waals surface area contributed by atoms with E-state index in [4.69, 9.17) is 19.3 Å². The summed E-state index contributed by atoms with van der Waals surface area (Å²) in [6, 6.07) is 16.2. The first-order valence-corrected chi connectivity index (χ1v) is 9.68. The van der Waals surface area contributed by atoms with E-state index in [2.05, 4.69) is 10.3 Å². The molecule has 0 aliphatic heterocycles. The first kappa shape index (κ1) is 21.9. The maximum atomic E-state index is 12.0. The molecule has 0 fully saturated rings. The summed E-state index contributed by atoms with van der Waals surface area (Å²) in [6.45, 7) is 5.59. The number of fused-ring (bicyclic) bond motifs is 1. The monoisotopic (exact) mass is 424 g/mol. The number of carbonyl (C=O) groups is 2. The molecule has 0 aliphatic carbocycles. The highest BCUT2D eigenvalue weighted by molar-refractivity contribution is 5.87. The number of nitrogens with one attached hydrogen (secondary N) is 1. The van der Waals surface area contributed by atoms with Gasteiger partial charge in [0.15, 0.2) is 0 Å². The van der Waals surface area contributed by atoms with Crippen LogP contribution in [-0.4, -0.2) is 27.9 Å². The number of amides is 1. The van der Waals surface area contributed by atoms with Gasteiger partial charge in [-0.3, -0.25) is 4.98 Å². The van der Waals surface area contributed by atoms with Crippen molar-refractivity contribution in [2.24, 2.45) is 0 Å². The predicted molar refractivity (Wildman–Crippen MR) is 114 cm³/mol. The number of rotatable bonds is 6. The molecule has 0 aliphatic rings. The lowest BCUT2D eigenvalue weighted by molar-refractivity contribution is 0.0206. The van der Waals surface area contributed by atoms with Gasteiger partial charge >= 0.3 is 12.2 Å². The molecule has 0 bridgehead atoms. The van der Waals surface area contributed by atoms with Gasteiger partial charge in [0.2, 0.25) is 0 Å². The van der Waals surface area contributed by atoms with Gasteiger partial charge in [0, 0.05) is 11.5 Å². The number of hydrogen-bond donors (Lipinski definition) is 2. The maximum absolute atomic E-state index is 12.0. The van der Waals surface area contributed by atoms with Crippen LogP contribution in [0.25, 0.3) is 10.9 Å². The molecule has 162 valence electrons. The van der Waals surface area contributed by atoms with Gasteiger partial charge in [-0.15, -0.1) is 0 Å². The molecule has 0 unspecified atom stereocenters. The van der Waals surface area contributed by atoms with E-state index in [1.54, 1.807) is 45.0 Å². The highest BCUT2D eigenvalue weighted by atomic mass is 16.7. The first-order chi connectivity index (χ1) is 14.7. The number of hydrogen-bond acceptors (Lipinski definition) is 6. The Bertz CT molecular complexity index is 1080. The molecule has 31 heavy (non-hydrogen) atoms. The second-order valence-electron chi connectivity index (χ2n) is 7.79. The molecule has 0 saturated heterocycles. The Labute approximate surface area is 179 Å². The van der Waals surface area contributed by atoms with Crippen LogP contribution in [0, 0.1) is 0 Å². The number of ether oxygens (including phenoxy) is 3. The lowest BCUT2D eigenvalue weighted by atomic mass is 10.1. The number of pyridine rings is 1. The summed E-state index contributed by atoms with van der Waals surface area (Å²) < 4.78 is 16.5. The average Bonchev–Trinajstić information content (AvgIpc) is 2.70. The van der Waals surface area contributed by atoms with E-state index in [-0.39, 0.29) is 12.3 Å². The number of carboxylic acid groups (broad SMARTS) is 1. The summed E-state index contributed by atoms with van der Waals surface area (Å²) in [5.74, 6) is 0.773. The summed E-state index contributed by atoms with van der Waals surface area (Å²) in [4.78, 5) is 27.3. The Morgan fingerprint density at radius 1 is 1.06 bits per heavy atom. The third-order valence-corrected chi connectivity index (χ3v) is 4.04. The second kappa shape index (κ2) is 9.34. The van der Waals surface area contributed by atoms with Crippen LogP contribution in [0.15, 0.2) is 54.6 Å². The van der Waals surface area contributed by atoms with Crippen LogP contribution in [-0.2, 0) is 17.9 Å². The molecule has 3 rings (SSSR count). The van der Waals surface area contributed by atoms with Crippen molar-refractivity contribution in [3.63, 3.8) is 0 Å². The van der Waals surface area contributed by atoms with Gasteiger partial charge in [-0.1, -0.05) is 30.3 Å². The van der Waals surface area contributed by atoms with E-state index < -0.39 is 17.8 Å². The maximum Gasteiger partial charge on any atom is 0.514 e. The minimum absolute atomic E-state index is 0.0309. The fourth-order valence-electron chi connectivity index (χ4n) is 2.77. The van der Waals surface area contributed by atoms with E-state index in [9.17, 15) is 9.59 Å². The fraction of sp³-hybridized carbons (Fsp3) is 0.261. The highest BCUT2D eigenvalue weighted by Crippen LogP contribution is 2.30. The van der Waals surface area contributed by atoms with Crippen LogP contribution in [0.4, 0.5) is 9.59 Å². The summed E-state index contributed by atoms with van der Waals surface area (Å²) >= 11 is 0. The molecule has 1 aromatic heterocycles. The second-order valence-corrected chi connectivity index (χ2v) is 7.79. The Hall–Kier alpha value is -3.81. The summed E-state index contributed by atoms with van der Waals surface area (Å²) in [6.07, 6.45) is -1.95. The van der Waals surface area contributed by atoms with Gasteiger partial charge in [-0.25, -0.2) is 9.59 Å². The molecule has 0 spiro atoms. The SMILES string of the molecule is CC(C)(C)OC(=O)Oc1ccc2nc(CNC(=O)O)cc(OCc3ccccc3)c2c1. The van der Waals surface area contributed by atoms with Gasteiger partial charge < -0.3 is 24.6 Å². The van der Waals surface area contributed by atoms with Crippen LogP contribution in [0.2, 0.25) is 0 Å². The van der Waals surface area contributed by atoms with Crippen molar-refractivity contribution in [1.82, 2.24) is 10.3 Å². The largest absolute Gasteiger partial charge is 0.514 e. The zero-order valence-electron chi connectivity index (χ0n) is 17.5. The van der Waals surface area contributed by atoms with Crippen molar-refractivity contribution < 1.29 is 28.9 Å². The molecule has 1 heterocycles. The molecule has 0 radical (unpaired) electrons. The standard InChI is InChI=1S/C23H24N2O6/c1-23(2,3)31-22(28)30-17-9-10-19-18(12-17)20(11-16(25-19)13-24-21(26)27)29-14-15-7-5-4-6-8-15/h4-12,24H,13-14H2,1-3H3,(H,26,27). The Morgan fingerprint density at radius 2 is 1.81 bits per heavy atom. The number of benzene rings is 2. The van der Waals surface area contributed by atoms with Crippen LogP contribution in [0.3, 0.4) is 0 Å². The van der Waals surface area contributed by atoms with Crippen molar-refractivity contribution in [2.45, 2.75) is 39.5 Å². The zero-order valence-corrected chi connectivity index (χ0v) is 17.5. The summed E-state index contributed by atoms with van der Waals surface area (Å²) in [5.41, 5.74) is 1.37. The topological polar surface area (TPSA) is 107 Å².